The maximum absolute atomic E-state index is 3.63. The fourth-order valence-electron chi connectivity index (χ4n) is 4.09. The summed E-state index contributed by atoms with van der Waals surface area (Å²) in [7, 11) is 0. The molecule has 1 aliphatic carbocycles. The van der Waals surface area contributed by atoms with Gasteiger partial charge in [-0.3, -0.25) is 4.90 Å². The van der Waals surface area contributed by atoms with Crippen molar-refractivity contribution >= 4 is 0 Å². The van der Waals surface area contributed by atoms with E-state index >= 15 is 0 Å². The van der Waals surface area contributed by atoms with E-state index in [1.165, 1.54) is 51.5 Å². The standard InChI is InChI=1S/C16H32N2/c1-4-14-6-8-16(9-7-14)18-11-10-15(17-5-2)12-13(18)3/h13-17H,4-12H2,1-3H3. The smallest absolute Gasteiger partial charge is 0.00983 e. The van der Waals surface area contributed by atoms with Crippen molar-refractivity contribution in [3.63, 3.8) is 0 Å². The summed E-state index contributed by atoms with van der Waals surface area (Å²) in [5, 5.41) is 3.63. The third-order valence-electron chi connectivity index (χ3n) is 5.28. The van der Waals surface area contributed by atoms with Crippen LogP contribution in [0.15, 0.2) is 0 Å². The molecule has 1 saturated heterocycles. The highest BCUT2D eigenvalue weighted by molar-refractivity contribution is 4.88. The molecule has 0 radical (unpaired) electrons. The predicted octanol–water partition coefficient (Wildman–Crippen LogP) is 3.42. The molecule has 0 aromatic carbocycles. The Morgan fingerprint density at radius 2 is 1.78 bits per heavy atom. The Kier molecular flexibility index (Phi) is 5.50. The van der Waals surface area contributed by atoms with Gasteiger partial charge in [0.15, 0.2) is 0 Å². The zero-order valence-corrected chi connectivity index (χ0v) is 12.6. The molecule has 106 valence electrons. The van der Waals surface area contributed by atoms with Gasteiger partial charge < -0.3 is 5.32 Å². The normalized spacial score (nSPS) is 38.8. The number of piperidine rings is 1. The van der Waals surface area contributed by atoms with E-state index in [4.69, 9.17) is 0 Å². The van der Waals surface area contributed by atoms with Crippen molar-refractivity contribution < 1.29 is 0 Å². The van der Waals surface area contributed by atoms with Crippen LogP contribution in [0.25, 0.3) is 0 Å². The molecular formula is C16H32N2. The summed E-state index contributed by atoms with van der Waals surface area (Å²) in [4.78, 5) is 2.82. The molecule has 2 aliphatic rings. The average molecular weight is 252 g/mol. The SMILES string of the molecule is CCNC1CCN(C2CCC(CC)CC2)C(C)C1. The second-order valence-electron chi connectivity index (χ2n) is 6.45. The van der Waals surface area contributed by atoms with Gasteiger partial charge in [0.25, 0.3) is 0 Å². The molecule has 2 rings (SSSR count). The van der Waals surface area contributed by atoms with Crippen molar-refractivity contribution in [3.8, 4) is 0 Å². The summed E-state index contributed by atoms with van der Waals surface area (Å²) < 4.78 is 0. The topological polar surface area (TPSA) is 15.3 Å². The van der Waals surface area contributed by atoms with Crippen LogP contribution in [0.1, 0.15) is 65.7 Å². The number of nitrogens with zero attached hydrogens (tertiary/aromatic N) is 1. The molecule has 0 aromatic heterocycles. The quantitative estimate of drug-likeness (QED) is 0.825. The monoisotopic (exact) mass is 252 g/mol. The highest BCUT2D eigenvalue weighted by Gasteiger charge is 2.32. The minimum Gasteiger partial charge on any atom is -0.314 e. The van der Waals surface area contributed by atoms with E-state index in [2.05, 4.69) is 31.0 Å². The molecule has 0 bridgehead atoms. The average Bonchev–Trinajstić information content (AvgIpc) is 2.40. The van der Waals surface area contributed by atoms with Gasteiger partial charge in [0.05, 0.1) is 0 Å². The second kappa shape index (κ2) is 6.91. The minimum absolute atomic E-state index is 0.772. The van der Waals surface area contributed by atoms with E-state index in [1.807, 2.05) is 0 Å². The van der Waals surface area contributed by atoms with Crippen LogP contribution in [0.5, 0.6) is 0 Å². The van der Waals surface area contributed by atoms with Crippen molar-refractivity contribution in [2.75, 3.05) is 13.1 Å². The van der Waals surface area contributed by atoms with Crippen LogP contribution in [0.3, 0.4) is 0 Å². The number of hydrogen-bond acceptors (Lipinski definition) is 2. The van der Waals surface area contributed by atoms with E-state index in [9.17, 15) is 0 Å². The second-order valence-corrected chi connectivity index (χ2v) is 6.45. The van der Waals surface area contributed by atoms with Gasteiger partial charge in [-0.05, 0) is 57.9 Å². The Labute approximate surface area is 114 Å². The highest BCUT2D eigenvalue weighted by atomic mass is 15.2. The van der Waals surface area contributed by atoms with Crippen molar-refractivity contribution in [1.82, 2.24) is 10.2 Å². The summed E-state index contributed by atoms with van der Waals surface area (Å²) >= 11 is 0. The lowest BCUT2D eigenvalue weighted by atomic mass is 9.82. The maximum atomic E-state index is 3.63. The molecule has 2 atom stereocenters. The first-order valence-corrected chi connectivity index (χ1v) is 8.23. The number of hydrogen-bond donors (Lipinski definition) is 1. The van der Waals surface area contributed by atoms with Gasteiger partial charge in [-0.2, -0.15) is 0 Å². The summed E-state index contributed by atoms with van der Waals surface area (Å²) in [6.07, 6.45) is 9.95. The summed E-state index contributed by atoms with van der Waals surface area (Å²) in [6.45, 7) is 9.47. The van der Waals surface area contributed by atoms with E-state index < -0.39 is 0 Å². The van der Waals surface area contributed by atoms with E-state index in [1.54, 1.807) is 0 Å². The molecule has 18 heavy (non-hydrogen) atoms. The zero-order chi connectivity index (χ0) is 13.0. The van der Waals surface area contributed by atoms with Gasteiger partial charge in [0.1, 0.15) is 0 Å². The van der Waals surface area contributed by atoms with Crippen LogP contribution in [-0.2, 0) is 0 Å². The third kappa shape index (κ3) is 3.48. The molecule has 1 heterocycles. The molecule has 2 nitrogen and oxygen atoms in total. The van der Waals surface area contributed by atoms with Crippen LogP contribution in [0, 0.1) is 5.92 Å². The van der Waals surface area contributed by atoms with Gasteiger partial charge in [-0.25, -0.2) is 0 Å². The highest BCUT2D eigenvalue weighted by Crippen LogP contribution is 2.32. The largest absolute Gasteiger partial charge is 0.314 e. The minimum atomic E-state index is 0.772. The van der Waals surface area contributed by atoms with Crippen molar-refractivity contribution in [3.05, 3.63) is 0 Å². The Hall–Kier alpha value is -0.0800. The van der Waals surface area contributed by atoms with Crippen LogP contribution in [0.2, 0.25) is 0 Å². The van der Waals surface area contributed by atoms with Gasteiger partial charge in [-0.1, -0.05) is 20.3 Å². The molecule has 2 fully saturated rings. The molecule has 0 amide bonds. The molecule has 1 N–H and O–H groups in total. The van der Waals surface area contributed by atoms with Crippen LogP contribution in [-0.4, -0.2) is 36.1 Å². The molecule has 2 unspecified atom stereocenters. The van der Waals surface area contributed by atoms with Crippen molar-refractivity contribution in [2.24, 2.45) is 5.92 Å². The summed E-state index contributed by atoms with van der Waals surface area (Å²) in [5.41, 5.74) is 0. The molecule has 1 saturated carbocycles. The lowest BCUT2D eigenvalue weighted by Gasteiger charge is -2.45. The fourth-order valence-corrected chi connectivity index (χ4v) is 4.09. The van der Waals surface area contributed by atoms with Gasteiger partial charge in [0, 0.05) is 24.7 Å². The lowest BCUT2D eigenvalue weighted by Crippen LogP contribution is -2.52. The predicted molar refractivity (Wildman–Crippen MR) is 78.9 cm³/mol. The fraction of sp³-hybridized carbons (Fsp3) is 1.00. The van der Waals surface area contributed by atoms with Gasteiger partial charge >= 0.3 is 0 Å². The zero-order valence-electron chi connectivity index (χ0n) is 12.6. The first kappa shape index (κ1) is 14.3. The number of rotatable bonds is 4. The number of likely N-dealkylation sites (tertiary alicyclic amines) is 1. The van der Waals surface area contributed by atoms with Crippen LogP contribution >= 0.6 is 0 Å². The Bertz CT molecular complexity index is 233. The third-order valence-corrected chi connectivity index (χ3v) is 5.28. The Balaban J connectivity index is 1.80. The van der Waals surface area contributed by atoms with Gasteiger partial charge in [0.2, 0.25) is 0 Å². The van der Waals surface area contributed by atoms with E-state index in [0.717, 1.165) is 30.6 Å². The van der Waals surface area contributed by atoms with Crippen molar-refractivity contribution in [1.29, 1.82) is 0 Å². The lowest BCUT2D eigenvalue weighted by molar-refractivity contribution is 0.0585. The molecule has 1 aliphatic heterocycles. The summed E-state index contributed by atoms with van der Waals surface area (Å²) in [5.74, 6) is 1.02. The molecule has 0 aromatic rings. The number of nitrogens with one attached hydrogen (secondary N) is 1. The van der Waals surface area contributed by atoms with Crippen molar-refractivity contribution in [2.45, 2.75) is 83.8 Å². The first-order valence-electron chi connectivity index (χ1n) is 8.23. The molecule has 2 heteroatoms. The molecule has 0 spiro atoms. The van der Waals surface area contributed by atoms with Crippen LogP contribution < -0.4 is 5.32 Å². The van der Waals surface area contributed by atoms with E-state index in [-0.39, 0.29) is 0 Å². The van der Waals surface area contributed by atoms with Crippen LogP contribution in [0.4, 0.5) is 0 Å². The molecular weight excluding hydrogens is 220 g/mol. The Morgan fingerprint density at radius 3 is 2.33 bits per heavy atom. The van der Waals surface area contributed by atoms with Gasteiger partial charge in [-0.15, -0.1) is 0 Å². The summed E-state index contributed by atoms with van der Waals surface area (Å²) in [6, 6.07) is 2.45. The Morgan fingerprint density at radius 1 is 1.06 bits per heavy atom. The maximum Gasteiger partial charge on any atom is 0.00983 e. The van der Waals surface area contributed by atoms with E-state index in [0.29, 0.717) is 0 Å². The first-order chi connectivity index (χ1) is 8.74.